The van der Waals surface area contributed by atoms with Crippen molar-refractivity contribution in [1.29, 1.82) is 0 Å². The lowest BCUT2D eigenvalue weighted by Gasteiger charge is -2.12. The molecular weight excluding hydrogens is 256 g/mol. The average Bonchev–Trinajstić information content (AvgIpc) is 2.50. The lowest BCUT2D eigenvalue weighted by Crippen LogP contribution is -2.13. The summed E-state index contributed by atoms with van der Waals surface area (Å²) in [7, 11) is 0. The standard InChI is InChI=1S/C20H40O/c1-4-7-9-10-11-12-13-14-15-16-18-20(21)19(6-3)17-8-5-2/h19H,4-18H2,1-3H3. The maximum atomic E-state index is 12.1. The highest BCUT2D eigenvalue weighted by atomic mass is 16.1. The van der Waals surface area contributed by atoms with Gasteiger partial charge in [-0.2, -0.15) is 0 Å². The number of unbranched alkanes of at least 4 members (excludes halogenated alkanes) is 10. The van der Waals surface area contributed by atoms with Crippen molar-refractivity contribution in [2.24, 2.45) is 5.92 Å². The van der Waals surface area contributed by atoms with Crippen LogP contribution in [0, 0.1) is 5.92 Å². The first-order chi connectivity index (χ1) is 10.3. The first-order valence-corrected chi connectivity index (χ1v) is 9.78. The average molecular weight is 297 g/mol. The summed E-state index contributed by atoms with van der Waals surface area (Å²) >= 11 is 0. The van der Waals surface area contributed by atoms with E-state index >= 15 is 0 Å². The first-order valence-electron chi connectivity index (χ1n) is 9.78. The molecule has 126 valence electrons. The van der Waals surface area contributed by atoms with E-state index in [0.29, 0.717) is 11.7 Å². The molecule has 0 fully saturated rings. The maximum absolute atomic E-state index is 12.1. The van der Waals surface area contributed by atoms with Crippen LogP contribution in [0.3, 0.4) is 0 Å². The molecule has 0 amide bonds. The molecule has 1 nitrogen and oxygen atoms in total. The van der Waals surface area contributed by atoms with Crippen molar-refractivity contribution < 1.29 is 4.79 Å². The molecule has 0 rings (SSSR count). The van der Waals surface area contributed by atoms with Gasteiger partial charge in [0.2, 0.25) is 0 Å². The zero-order chi connectivity index (χ0) is 15.8. The predicted molar refractivity (Wildman–Crippen MR) is 94.8 cm³/mol. The normalized spacial score (nSPS) is 12.5. The molecule has 1 heteroatoms. The highest BCUT2D eigenvalue weighted by Crippen LogP contribution is 2.18. The lowest BCUT2D eigenvalue weighted by molar-refractivity contribution is -0.123. The Morgan fingerprint density at radius 3 is 1.62 bits per heavy atom. The SMILES string of the molecule is CCCCCCCCCCCCC(=O)C(CC)CCCC. The molecule has 1 unspecified atom stereocenters. The third kappa shape index (κ3) is 13.1. The Hall–Kier alpha value is -0.330. The Labute approximate surface area is 134 Å². The molecule has 0 aliphatic rings. The fourth-order valence-electron chi connectivity index (χ4n) is 3.03. The van der Waals surface area contributed by atoms with Crippen molar-refractivity contribution in [1.82, 2.24) is 0 Å². The van der Waals surface area contributed by atoms with E-state index in [2.05, 4.69) is 20.8 Å². The molecule has 0 radical (unpaired) electrons. The molecular formula is C20H40O. The van der Waals surface area contributed by atoms with Crippen LogP contribution in [0.4, 0.5) is 0 Å². The van der Waals surface area contributed by atoms with Crippen molar-refractivity contribution in [2.45, 2.75) is 117 Å². The summed E-state index contributed by atoms with van der Waals surface area (Å²) in [5, 5.41) is 0. The molecule has 0 saturated carbocycles. The zero-order valence-electron chi connectivity index (χ0n) is 15.1. The van der Waals surface area contributed by atoms with Gasteiger partial charge in [-0.15, -0.1) is 0 Å². The molecule has 0 spiro atoms. The summed E-state index contributed by atoms with van der Waals surface area (Å²) < 4.78 is 0. The highest BCUT2D eigenvalue weighted by Gasteiger charge is 2.14. The van der Waals surface area contributed by atoms with Crippen molar-refractivity contribution in [3.63, 3.8) is 0 Å². The Bertz CT molecular complexity index is 222. The summed E-state index contributed by atoms with van der Waals surface area (Å²) in [4.78, 5) is 12.1. The summed E-state index contributed by atoms with van der Waals surface area (Å²) in [6.07, 6.45) is 18.9. The van der Waals surface area contributed by atoms with Crippen LogP contribution in [-0.2, 0) is 4.79 Å². The van der Waals surface area contributed by atoms with Gasteiger partial charge < -0.3 is 0 Å². The molecule has 0 aromatic heterocycles. The molecule has 0 bridgehead atoms. The van der Waals surface area contributed by atoms with Gasteiger partial charge in [0.1, 0.15) is 5.78 Å². The first kappa shape index (κ1) is 20.7. The van der Waals surface area contributed by atoms with Crippen LogP contribution in [0.15, 0.2) is 0 Å². The fourth-order valence-corrected chi connectivity index (χ4v) is 3.03. The Morgan fingerprint density at radius 2 is 1.14 bits per heavy atom. The van der Waals surface area contributed by atoms with Crippen LogP contribution in [0.1, 0.15) is 117 Å². The topological polar surface area (TPSA) is 17.1 Å². The molecule has 1 atom stereocenters. The van der Waals surface area contributed by atoms with Gasteiger partial charge in [0.05, 0.1) is 0 Å². The van der Waals surface area contributed by atoms with E-state index < -0.39 is 0 Å². The molecule has 0 N–H and O–H groups in total. The van der Waals surface area contributed by atoms with E-state index in [0.717, 1.165) is 25.7 Å². The molecule has 0 aromatic carbocycles. The number of carbonyl (C=O) groups excluding carboxylic acids is 1. The second-order valence-corrected chi connectivity index (χ2v) is 6.65. The fraction of sp³-hybridized carbons (Fsp3) is 0.950. The second-order valence-electron chi connectivity index (χ2n) is 6.65. The highest BCUT2D eigenvalue weighted by molar-refractivity contribution is 5.80. The number of Topliss-reactive ketones (excluding diaryl/α,β-unsaturated/α-hetero) is 1. The van der Waals surface area contributed by atoms with Crippen molar-refractivity contribution >= 4 is 5.78 Å². The molecule has 0 saturated heterocycles. The lowest BCUT2D eigenvalue weighted by atomic mass is 9.91. The van der Waals surface area contributed by atoms with Crippen LogP contribution in [0.25, 0.3) is 0 Å². The molecule has 0 aliphatic carbocycles. The Balaban J connectivity index is 3.38. The summed E-state index contributed by atoms with van der Waals surface area (Å²) in [5.74, 6) is 0.883. The summed E-state index contributed by atoms with van der Waals surface area (Å²) in [6.45, 7) is 6.64. The van der Waals surface area contributed by atoms with Crippen molar-refractivity contribution in [3.8, 4) is 0 Å². The number of hydrogen-bond acceptors (Lipinski definition) is 1. The van der Waals surface area contributed by atoms with E-state index in [4.69, 9.17) is 0 Å². The number of ketones is 1. The van der Waals surface area contributed by atoms with Crippen molar-refractivity contribution in [3.05, 3.63) is 0 Å². The van der Waals surface area contributed by atoms with Gasteiger partial charge >= 0.3 is 0 Å². The Kier molecular flexibility index (Phi) is 15.8. The Morgan fingerprint density at radius 1 is 0.667 bits per heavy atom. The van der Waals surface area contributed by atoms with Gasteiger partial charge in [0.25, 0.3) is 0 Å². The largest absolute Gasteiger partial charge is 0.299 e. The minimum absolute atomic E-state index is 0.350. The maximum Gasteiger partial charge on any atom is 0.135 e. The van der Waals surface area contributed by atoms with E-state index in [1.165, 1.54) is 70.6 Å². The van der Waals surface area contributed by atoms with E-state index in [1.54, 1.807) is 0 Å². The second kappa shape index (κ2) is 16.0. The molecule has 21 heavy (non-hydrogen) atoms. The predicted octanol–water partition coefficient (Wildman–Crippen LogP) is 7.08. The number of hydrogen-bond donors (Lipinski definition) is 0. The molecule has 0 aromatic rings. The third-order valence-electron chi connectivity index (χ3n) is 4.63. The van der Waals surface area contributed by atoms with E-state index in [9.17, 15) is 4.79 Å². The third-order valence-corrected chi connectivity index (χ3v) is 4.63. The number of carbonyl (C=O) groups is 1. The quantitative estimate of drug-likeness (QED) is 0.278. The van der Waals surface area contributed by atoms with Gasteiger partial charge in [0, 0.05) is 12.3 Å². The zero-order valence-corrected chi connectivity index (χ0v) is 15.1. The minimum atomic E-state index is 0.350. The van der Waals surface area contributed by atoms with E-state index in [1.807, 2.05) is 0 Å². The van der Waals surface area contributed by atoms with Gasteiger partial charge in [0.15, 0.2) is 0 Å². The minimum Gasteiger partial charge on any atom is -0.299 e. The van der Waals surface area contributed by atoms with Crippen LogP contribution < -0.4 is 0 Å². The van der Waals surface area contributed by atoms with Crippen LogP contribution in [0.2, 0.25) is 0 Å². The number of rotatable bonds is 16. The molecule has 0 aliphatic heterocycles. The summed E-state index contributed by atoms with van der Waals surface area (Å²) in [6, 6.07) is 0. The van der Waals surface area contributed by atoms with Gasteiger partial charge in [-0.3, -0.25) is 4.79 Å². The van der Waals surface area contributed by atoms with Gasteiger partial charge in [-0.25, -0.2) is 0 Å². The smallest absolute Gasteiger partial charge is 0.135 e. The van der Waals surface area contributed by atoms with Gasteiger partial charge in [-0.05, 0) is 19.3 Å². The van der Waals surface area contributed by atoms with Crippen LogP contribution >= 0.6 is 0 Å². The van der Waals surface area contributed by atoms with Crippen LogP contribution in [0.5, 0.6) is 0 Å². The molecule has 0 heterocycles. The summed E-state index contributed by atoms with van der Waals surface area (Å²) in [5.41, 5.74) is 0. The van der Waals surface area contributed by atoms with E-state index in [-0.39, 0.29) is 0 Å². The van der Waals surface area contributed by atoms with Gasteiger partial charge in [-0.1, -0.05) is 91.4 Å². The monoisotopic (exact) mass is 296 g/mol. The van der Waals surface area contributed by atoms with Crippen molar-refractivity contribution in [2.75, 3.05) is 0 Å². The van der Waals surface area contributed by atoms with Crippen LogP contribution in [-0.4, -0.2) is 5.78 Å².